The molecule has 1 saturated carbocycles. The van der Waals surface area contributed by atoms with Gasteiger partial charge in [-0.25, -0.2) is 0 Å². The Bertz CT molecular complexity index is 244. The molecule has 0 aromatic heterocycles. The molecule has 0 aromatic rings. The van der Waals surface area contributed by atoms with Gasteiger partial charge in [0.25, 0.3) is 0 Å². The van der Waals surface area contributed by atoms with Gasteiger partial charge in [0.05, 0.1) is 0 Å². The van der Waals surface area contributed by atoms with E-state index in [-0.39, 0.29) is 0 Å². The average molecular weight is 253 g/mol. The molecule has 106 valence electrons. The maximum Gasteiger partial charge on any atom is 0.0135 e. The summed E-state index contributed by atoms with van der Waals surface area (Å²) in [6.45, 7) is 6.96. The summed E-state index contributed by atoms with van der Waals surface area (Å²) in [5, 5.41) is 0. The summed E-state index contributed by atoms with van der Waals surface area (Å²) < 4.78 is 0. The Morgan fingerprint density at radius 2 is 1.94 bits per heavy atom. The van der Waals surface area contributed by atoms with E-state index in [1.54, 1.807) is 0 Å². The van der Waals surface area contributed by atoms with Crippen LogP contribution in [-0.4, -0.2) is 55.1 Å². The Balaban J connectivity index is 1.89. The molecule has 3 nitrogen and oxygen atoms in total. The number of rotatable bonds is 4. The van der Waals surface area contributed by atoms with Crippen molar-refractivity contribution in [3.05, 3.63) is 0 Å². The highest BCUT2D eigenvalue weighted by Gasteiger charge is 2.33. The summed E-state index contributed by atoms with van der Waals surface area (Å²) >= 11 is 0. The van der Waals surface area contributed by atoms with E-state index < -0.39 is 0 Å². The quantitative estimate of drug-likeness (QED) is 0.831. The van der Waals surface area contributed by atoms with E-state index >= 15 is 0 Å². The van der Waals surface area contributed by atoms with Crippen LogP contribution in [0.2, 0.25) is 0 Å². The lowest BCUT2D eigenvalue weighted by molar-refractivity contribution is 0.129. The van der Waals surface area contributed by atoms with Gasteiger partial charge in [-0.2, -0.15) is 0 Å². The third-order valence-electron chi connectivity index (χ3n) is 5.26. The highest BCUT2D eigenvalue weighted by Crippen LogP contribution is 2.31. The fraction of sp³-hybridized carbons (Fsp3) is 1.00. The highest BCUT2D eigenvalue weighted by atomic mass is 15.2. The second-order valence-electron chi connectivity index (χ2n) is 6.18. The number of likely N-dealkylation sites (tertiary alicyclic amines) is 1. The minimum absolute atomic E-state index is 0.750. The molecule has 0 aromatic carbocycles. The maximum absolute atomic E-state index is 5.93. The van der Waals surface area contributed by atoms with Crippen LogP contribution in [-0.2, 0) is 0 Å². The Morgan fingerprint density at radius 3 is 2.67 bits per heavy atom. The molecule has 2 rings (SSSR count). The van der Waals surface area contributed by atoms with Crippen molar-refractivity contribution in [3.63, 3.8) is 0 Å². The molecule has 1 aliphatic heterocycles. The molecule has 3 atom stereocenters. The van der Waals surface area contributed by atoms with Crippen molar-refractivity contribution in [2.45, 2.75) is 57.5 Å². The standard InChI is InChI=1S/C15H31N3/c1-3-18-10-5-7-14(9-11-18)17(2)15-8-4-6-13(15)12-16/h13-15H,3-12,16H2,1-2H3. The second kappa shape index (κ2) is 6.88. The van der Waals surface area contributed by atoms with Crippen molar-refractivity contribution in [2.24, 2.45) is 11.7 Å². The predicted molar refractivity (Wildman–Crippen MR) is 77.7 cm³/mol. The summed E-state index contributed by atoms with van der Waals surface area (Å²) in [6.07, 6.45) is 8.18. The van der Waals surface area contributed by atoms with Crippen LogP contribution >= 0.6 is 0 Å². The van der Waals surface area contributed by atoms with Crippen LogP contribution in [0.3, 0.4) is 0 Å². The van der Waals surface area contributed by atoms with Crippen LogP contribution in [0.25, 0.3) is 0 Å². The van der Waals surface area contributed by atoms with Crippen molar-refractivity contribution in [1.29, 1.82) is 0 Å². The van der Waals surface area contributed by atoms with Gasteiger partial charge in [-0.15, -0.1) is 0 Å². The summed E-state index contributed by atoms with van der Waals surface area (Å²) in [6, 6.07) is 1.55. The number of nitrogens with two attached hydrogens (primary N) is 1. The summed E-state index contributed by atoms with van der Waals surface area (Å²) in [5.41, 5.74) is 5.93. The topological polar surface area (TPSA) is 32.5 Å². The van der Waals surface area contributed by atoms with Crippen LogP contribution in [0.15, 0.2) is 0 Å². The van der Waals surface area contributed by atoms with E-state index in [0.29, 0.717) is 0 Å². The molecule has 0 radical (unpaired) electrons. The molecule has 0 spiro atoms. The van der Waals surface area contributed by atoms with Gasteiger partial charge in [0.2, 0.25) is 0 Å². The van der Waals surface area contributed by atoms with Crippen molar-refractivity contribution in [3.8, 4) is 0 Å². The van der Waals surface area contributed by atoms with E-state index in [0.717, 1.165) is 24.5 Å². The minimum Gasteiger partial charge on any atom is -0.330 e. The van der Waals surface area contributed by atoms with Crippen molar-refractivity contribution in [2.75, 3.05) is 33.2 Å². The lowest BCUT2D eigenvalue weighted by atomic mass is 9.98. The smallest absolute Gasteiger partial charge is 0.0135 e. The molecule has 3 heteroatoms. The fourth-order valence-electron chi connectivity index (χ4n) is 3.96. The second-order valence-corrected chi connectivity index (χ2v) is 6.18. The third kappa shape index (κ3) is 3.25. The van der Waals surface area contributed by atoms with E-state index in [1.165, 1.54) is 58.2 Å². The first-order valence-corrected chi connectivity index (χ1v) is 7.90. The van der Waals surface area contributed by atoms with Crippen LogP contribution in [0.1, 0.15) is 45.4 Å². The van der Waals surface area contributed by atoms with Crippen LogP contribution in [0, 0.1) is 5.92 Å². The molecule has 1 aliphatic carbocycles. The van der Waals surface area contributed by atoms with Crippen molar-refractivity contribution >= 4 is 0 Å². The van der Waals surface area contributed by atoms with Crippen molar-refractivity contribution < 1.29 is 0 Å². The molecule has 1 saturated heterocycles. The zero-order valence-corrected chi connectivity index (χ0v) is 12.3. The third-order valence-corrected chi connectivity index (χ3v) is 5.26. The zero-order valence-electron chi connectivity index (χ0n) is 12.3. The molecule has 3 unspecified atom stereocenters. The summed E-state index contributed by atoms with van der Waals surface area (Å²) in [4.78, 5) is 5.28. The molecular weight excluding hydrogens is 222 g/mol. The van der Waals surface area contributed by atoms with Gasteiger partial charge in [-0.1, -0.05) is 13.3 Å². The maximum atomic E-state index is 5.93. The molecule has 2 fully saturated rings. The molecule has 0 amide bonds. The Labute approximate surface area is 113 Å². The normalized spacial score (nSPS) is 35.0. The Kier molecular flexibility index (Phi) is 5.46. The van der Waals surface area contributed by atoms with E-state index in [2.05, 4.69) is 23.8 Å². The average Bonchev–Trinajstić information content (AvgIpc) is 2.74. The highest BCUT2D eigenvalue weighted by molar-refractivity contribution is 4.88. The largest absolute Gasteiger partial charge is 0.330 e. The number of hydrogen-bond acceptors (Lipinski definition) is 3. The van der Waals surface area contributed by atoms with Gasteiger partial charge in [0.1, 0.15) is 0 Å². The molecule has 2 N–H and O–H groups in total. The summed E-state index contributed by atoms with van der Waals surface area (Å²) in [5.74, 6) is 0.750. The van der Waals surface area contributed by atoms with Crippen LogP contribution in [0.4, 0.5) is 0 Å². The van der Waals surface area contributed by atoms with E-state index in [9.17, 15) is 0 Å². The van der Waals surface area contributed by atoms with Crippen LogP contribution < -0.4 is 5.73 Å². The predicted octanol–water partition coefficient (Wildman–Crippen LogP) is 1.92. The first-order valence-electron chi connectivity index (χ1n) is 7.90. The van der Waals surface area contributed by atoms with Gasteiger partial charge in [0.15, 0.2) is 0 Å². The van der Waals surface area contributed by atoms with Crippen molar-refractivity contribution in [1.82, 2.24) is 9.80 Å². The monoisotopic (exact) mass is 253 g/mol. The lowest BCUT2D eigenvalue weighted by Crippen LogP contribution is -2.44. The van der Waals surface area contributed by atoms with Gasteiger partial charge >= 0.3 is 0 Å². The molecule has 2 aliphatic rings. The number of nitrogens with zero attached hydrogens (tertiary/aromatic N) is 2. The van der Waals surface area contributed by atoms with Gasteiger partial charge in [-0.3, -0.25) is 0 Å². The first-order chi connectivity index (χ1) is 8.76. The molecule has 1 heterocycles. The molecule has 0 bridgehead atoms. The number of hydrogen-bond donors (Lipinski definition) is 1. The van der Waals surface area contributed by atoms with Gasteiger partial charge < -0.3 is 15.5 Å². The molecular formula is C15H31N3. The van der Waals surface area contributed by atoms with Gasteiger partial charge in [0, 0.05) is 12.1 Å². The molecule has 18 heavy (non-hydrogen) atoms. The Hall–Kier alpha value is -0.120. The van der Waals surface area contributed by atoms with E-state index in [1.807, 2.05) is 0 Å². The summed E-state index contributed by atoms with van der Waals surface area (Å²) in [7, 11) is 2.35. The van der Waals surface area contributed by atoms with E-state index in [4.69, 9.17) is 5.73 Å². The Morgan fingerprint density at radius 1 is 1.11 bits per heavy atom. The minimum atomic E-state index is 0.750. The fourth-order valence-corrected chi connectivity index (χ4v) is 3.96. The van der Waals surface area contributed by atoms with Crippen LogP contribution in [0.5, 0.6) is 0 Å². The zero-order chi connectivity index (χ0) is 13.0. The lowest BCUT2D eigenvalue weighted by Gasteiger charge is -2.35. The SMILES string of the molecule is CCN1CCCC(N(C)C2CCCC2CN)CC1. The van der Waals surface area contributed by atoms with Gasteiger partial charge in [-0.05, 0) is 71.2 Å². The first kappa shape index (κ1) is 14.3.